The number of pyridine rings is 1. The number of benzene rings is 1. The Hall–Kier alpha value is -3.37. The number of hydrogen-bond donors (Lipinski definition) is 2. The van der Waals surface area contributed by atoms with E-state index in [4.69, 9.17) is 21.3 Å². The molecule has 2 N–H and O–H groups in total. The van der Waals surface area contributed by atoms with Crippen LogP contribution in [0.5, 0.6) is 11.5 Å². The van der Waals surface area contributed by atoms with E-state index in [0.717, 1.165) is 6.42 Å². The molecule has 3 aliphatic heterocycles. The van der Waals surface area contributed by atoms with Crippen molar-refractivity contribution in [2.24, 2.45) is 0 Å². The summed E-state index contributed by atoms with van der Waals surface area (Å²) in [6, 6.07) is 3.68. The summed E-state index contributed by atoms with van der Waals surface area (Å²) in [7, 11) is 1.88. The second-order valence-corrected chi connectivity index (χ2v) is 9.88. The minimum atomic E-state index is -0.696. The largest absolute Gasteiger partial charge is 0.507 e. The summed E-state index contributed by atoms with van der Waals surface area (Å²) in [4.78, 5) is 36.3. The number of phenols is 1. The Balaban J connectivity index is 1.67. The molecule has 3 atom stereocenters. The van der Waals surface area contributed by atoms with Gasteiger partial charge in [0.05, 0.1) is 11.6 Å². The topological polar surface area (TPSA) is 98.2 Å². The van der Waals surface area contributed by atoms with Crippen LogP contribution in [0.15, 0.2) is 30.9 Å². The number of fused-ring (bicyclic) bond motifs is 2. The number of carbonyl (C=O) groups is 2. The molecule has 196 valence electrons. The van der Waals surface area contributed by atoms with Crippen molar-refractivity contribution < 1.29 is 23.8 Å². The number of anilines is 1. The maximum atomic E-state index is 15.0. The number of hydrogen-bond acceptors (Lipinski definition) is 7. The van der Waals surface area contributed by atoms with Gasteiger partial charge in [-0.15, -0.1) is 0 Å². The molecule has 1 aromatic heterocycles. The van der Waals surface area contributed by atoms with Crippen LogP contribution in [0.2, 0.25) is 5.02 Å². The normalized spacial score (nSPS) is 23.3. The Bertz CT molecular complexity index is 1250. The Kier molecular flexibility index (Phi) is 6.72. The van der Waals surface area contributed by atoms with E-state index >= 15 is 0 Å². The third kappa shape index (κ3) is 4.18. The highest BCUT2D eigenvalue weighted by molar-refractivity contribution is 6.35. The van der Waals surface area contributed by atoms with Crippen molar-refractivity contribution in [3.05, 3.63) is 47.3 Å². The number of rotatable bonds is 4. The van der Waals surface area contributed by atoms with Crippen LogP contribution in [-0.2, 0) is 4.79 Å². The maximum absolute atomic E-state index is 15.0. The molecule has 0 radical (unpaired) electrons. The number of aromatic hydroxyl groups is 1. The lowest BCUT2D eigenvalue weighted by Crippen LogP contribution is -2.57. The van der Waals surface area contributed by atoms with Gasteiger partial charge >= 0.3 is 0 Å². The van der Waals surface area contributed by atoms with Crippen molar-refractivity contribution >= 4 is 29.2 Å². The Morgan fingerprint density at radius 2 is 2.08 bits per heavy atom. The molecule has 2 saturated heterocycles. The first-order valence-electron chi connectivity index (χ1n) is 12.3. The molecular weight excluding hydrogens is 501 g/mol. The highest BCUT2D eigenvalue weighted by Gasteiger charge is 2.42. The van der Waals surface area contributed by atoms with Crippen molar-refractivity contribution in [1.82, 2.24) is 20.1 Å². The van der Waals surface area contributed by atoms with E-state index in [1.54, 1.807) is 9.80 Å². The van der Waals surface area contributed by atoms with Gasteiger partial charge in [-0.05, 0) is 38.6 Å². The average Bonchev–Trinajstić information content (AvgIpc) is 3.19. The molecule has 2 amide bonds. The molecule has 5 rings (SSSR count). The molecule has 0 bridgehead atoms. The van der Waals surface area contributed by atoms with Gasteiger partial charge in [-0.2, -0.15) is 0 Å². The van der Waals surface area contributed by atoms with Gasteiger partial charge in [0, 0.05) is 38.3 Å². The van der Waals surface area contributed by atoms with Gasteiger partial charge < -0.3 is 29.9 Å². The maximum Gasteiger partial charge on any atom is 0.261 e. The molecule has 9 nitrogen and oxygen atoms in total. The van der Waals surface area contributed by atoms with Crippen LogP contribution in [0.25, 0.3) is 11.3 Å². The van der Waals surface area contributed by atoms with Gasteiger partial charge in [0.1, 0.15) is 40.3 Å². The number of carbonyl (C=O) groups excluding carboxylic acids is 2. The van der Waals surface area contributed by atoms with Crippen LogP contribution in [-0.4, -0.2) is 89.7 Å². The number of likely N-dealkylation sites (N-methyl/N-ethyl adjacent to an activating group) is 1. The number of amides is 2. The fourth-order valence-corrected chi connectivity index (χ4v) is 5.81. The summed E-state index contributed by atoms with van der Waals surface area (Å²) in [6.07, 6.45) is 2.07. The Labute approximate surface area is 219 Å². The highest BCUT2D eigenvalue weighted by Crippen LogP contribution is 2.46. The van der Waals surface area contributed by atoms with Crippen LogP contribution in [0.4, 0.5) is 10.2 Å². The van der Waals surface area contributed by atoms with E-state index < -0.39 is 11.9 Å². The number of aromatic nitrogens is 1. The van der Waals surface area contributed by atoms with Gasteiger partial charge in [-0.3, -0.25) is 9.59 Å². The molecule has 4 heterocycles. The van der Waals surface area contributed by atoms with Crippen LogP contribution in [0, 0.1) is 5.82 Å². The van der Waals surface area contributed by atoms with Crippen molar-refractivity contribution in [3.8, 4) is 22.8 Å². The molecule has 3 aliphatic rings. The third-order valence-electron chi connectivity index (χ3n) is 7.57. The Morgan fingerprint density at radius 3 is 2.76 bits per heavy atom. The van der Waals surface area contributed by atoms with E-state index in [1.807, 2.05) is 18.9 Å². The zero-order valence-corrected chi connectivity index (χ0v) is 21.5. The van der Waals surface area contributed by atoms with Gasteiger partial charge in [0.2, 0.25) is 5.91 Å². The van der Waals surface area contributed by atoms with Gasteiger partial charge in [0.25, 0.3) is 5.91 Å². The molecule has 2 fully saturated rings. The molecule has 0 saturated carbocycles. The number of phenolic OH excluding ortho intramolecular Hbond substituents is 1. The number of ether oxygens (including phenoxy) is 1. The summed E-state index contributed by atoms with van der Waals surface area (Å²) < 4.78 is 21.1. The van der Waals surface area contributed by atoms with Crippen molar-refractivity contribution in [3.63, 3.8) is 0 Å². The van der Waals surface area contributed by atoms with E-state index in [2.05, 4.69) is 11.9 Å². The summed E-state index contributed by atoms with van der Waals surface area (Å²) in [5.74, 6) is -1.10. The molecule has 11 heteroatoms. The smallest absolute Gasteiger partial charge is 0.261 e. The van der Waals surface area contributed by atoms with Gasteiger partial charge in [-0.1, -0.05) is 24.2 Å². The first kappa shape index (κ1) is 25.3. The lowest BCUT2D eigenvalue weighted by molar-refractivity contribution is -0.128. The van der Waals surface area contributed by atoms with Crippen molar-refractivity contribution in [2.45, 2.75) is 31.5 Å². The summed E-state index contributed by atoms with van der Waals surface area (Å²) in [5.41, 5.74) is 0.0516. The molecule has 0 spiro atoms. The zero-order valence-electron chi connectivity index (χ0n) is 20.7. The second kappa shape index (κ2) is 9.83. The van der Waals surface area contributed by atoms with E-state index in [1.165, 1.54) is 24.3 Å². The minimum Gasteiger partial charge on any atom is -0.507 e. The van der Waals surface area contributed by atoms with E-state index in [0.29, 0.717) is 25.5 Å². The van der Waals surface area contributed by atoms with E-state index in [9.17, 15) is 19.1 Å². The predicted octanol–water partition coefficient (Wildman–Crippen LogP) is 2.66. The minimum absolute atomic E-state index is 0.00209. The molecule has 0 aliphatic carbocycles. The van der Waals surface area contributed by atoms with Gasteiger partial charge in [0.15, 0.2) is 5.75 Å². The predicted molar refractivity (Wildman–Crippen MR) is 138 cm³/mol. The highest BCUT2D eigenvalue weighted by atomic mass is 35.5. The number of piperazine rings is 1. The quantitative estimate of drug-likeness (QED) is 0.588. The van der Waals surface area contributed by atoms with Crippen LogP contribution in [0.1, 0.15) is 23.7 Å². The molecule has 37 heavy (non-hydrogen) atoms. The summed E-state index contributed by atoms with van der Waals surface area (Å²) in [5, 5.41) is 13.8. The zero-order chi connectivity index (χ0) is 26.4. The van der Waals surface area contributed by atoms with Crippen molar-refractivity contribution in [2.75, 3.05) is 44.7 Å². The Morgan fingerprint density at radius 1 is 1.30 bits per heavy atom. The third-order valence-corrected chi connectivity index (χ3v) is 7.92. The number of halogens is 2. The summed E-state index contributed by atoms with van der Waals surface area (Å²) >= 11 is 6.77. The monoisotopic (exact) mass is 529 g/mol. The average molecular weight is 530 g/mol. The standard InChI is InChI=1S/C26H29ClFN5O4/c1-4-19(35)31-10-11-33-15(12-31)13-37-24-21(26(33)36)25(32-9-8-17(29-3)14(32)2)30-23(22(24)27)20-16(28)6-5-7-18(20)34/h4-7,14-15,17,29,34H,1,8-13H2,2-3H3/t14-,15+,17?/m0/s1. The van der Waals surface area contributed by atoms with Crippen LogP contribution >= 0.6 is 11.6 Å². The lowest BCUT2D eigenvalue weighted by Gasteiger charge is -2.39. The fourth-order valence-electron chi connectivity index (χ4n) is 5.52. The first-order valence-corrected chi connectivity index (χ1v) is 12.6. The summed E-state index contributed by atoms with van der Waals surface area (Å²) in [6.45, 7) is 7.24. The molecule has 1 unspecified atom stereocenters. The first-order chi connectivity index (χ1) is 17.8. The SMILES string of the molecule is C=CC(=O)N1CCN2C(=O)c3c(N4CCC(NC)[C@@H]4C)nc(-c4c(O)cccc4F)c(Cl)c3OC[C@H]2C1. The lowest BCUT2D eigenvalue weighted by atomic mass is 10.0. The fraction of sp³-hybridized carbons (Fsp3) is 0.423. The van der Waals surface area contributed by atoms with Crippen LogP contribution in [0.3, 0.4) is 0 Å². The number of nitrogens with one attached hydrogen (secondary N) is 1. The second-order valence-electron chi connectivity index (χ2n) is 9.51. The molecule has 2 aromatic rings. The van der Waals surface area contributed by atoms with Crippen LogP contribution < -0.4 is 15.0 Å². The number of nitrogens with zero attached hydrogens (tertiary/aromatic N) is 4. The van der Waals surface area contributed by atoms with E-state index in [-0.39, 0.29) is 70.4 Å². The molecule has 1 aromatic carbocycles. The molecular formula is C26H29ClFN5O4. The van der Waals surface area contributed by atoms with Gasteiger partial charge in [-0.25, -0.2) is 9.37 Å². The van der Waals surface area contributed by atoms with Crippen molar-refractivity contribution in [1.29, 1.82) is 0 Å².